The normalized spacial score (nSPS) is 28.4. The quantitative estimate of drug-likeness (QED) is 0.618. The van der Waals surface area contributed by atoms with Gasteiger partial charge in [-0.15, -0.1) is 0 Å². The second-order valence-corrected chi connectivity index (χ2v) is 12.8. The number of esters is 1. The van der Waals surface area contributed by atoms with Crippen LogP contribution in [0.5, 0.6) is 0 Å². The number of carbonyl (C=O) groups is 3. The number of hydrogen-bond acceptors (Lipinski definition) is 6. The molecule has 2 atom stereocenters. The predicted octanol–water partition coefficient (Wildman–Crippen LogP) is 3.68. The molecule has 4 aliphatic rings. The van der Waals surface area contributed by atoms with E-state index in [9.17, 15) is 14.4 Å². The Labute approximate surface area is 217 Å². The van der Waals surface area contributed by atoms with Crippen LogP contribution in [0, 0.1) is 11.2 Å². The molecule has 8 nitrogen and oxygen atoms in total. The molecule has 37 heavy (non-hydrogen) atoms. The van der Waals surface area contributed by atoms with Crippen LogP contribution >= 0.6 is 0 Å². The maximum absolute atomic E-state index is 15.6. The van der Waals surface area contributed by atoms with Gasteiger partial charge in [-0.2, -0.15) is 0 Å². The molecule has 4 fully saturated rings. The molecule has 1 aliphatic carbocycles. The number of halogens is 1. The molecule has 1 aromatic rings. The van der Waals surface area contributed by atoms with E-state index in [1.807, 2.05) is 40.7 Å². The summed E-state index contributed by atoms with van der Waals surface area (Å²) in [7, 11) is 0. The molecule has 3 heterocycles. The Morgan fingerprint density at radius 2 is 1.86 bits per heavy atom. The molecule has 5 rings (SSSR count). The zero-order valence-electron chi connectivity index (χ0n) is 22.5. The molecule has 3 saturated heterocycles. The van der Waals surface area contributed by atoms with E-state index in [0.29, 0.717) is 64.0 Å². The minimum absolute atomic E-state index is 0.0818. The number of likely N-dealkylation sites (tertiary alicyclic amines) is 1. The van der Waals surface area contributed by atoms with Crippen molar-refractivity contribution in [3.05, 3.63) is 35.1 Å². The lowest BCUT2D eigenvalue weighted by Crippen LogP contribution is -2.49. The summed E-state index contributed by atoms with van der Waals surface area (Å²) < 4.78 is 26.8. The van der Waals surface area contributed by atoms with Gasteiger partial charge in [-0.3, -0.25) is 9.59 Å². The second kappa shape index (κ2) is 8.68. The molecule has 1 saturated carbocycles. The Bertz CT molecular complexity index is 1130. The lowest BCUT2D eigenvalue weighted by molar-refractivity contribution is -0.151. The van der Waals surface area contributed by atoms with Crippen LogP contribution in [0.1, 0.15) is 77.5 Å². The summed E-state index contributed by atoms with van der Waals surface area (Å²) in [6.07, 6.45) is 1.78. The van der Waals surface area contributed by atoms with E-state index in [2.05, 4.69) is 5.32 Å². The number of nitrogens with one attached hydrogen (secondary N) is 1. The summed E-state index contributed by atoms with van der Waals surface area (Å²) in [6, 6.07) is 4.85. The second-order valence-electron chi connectivity index (χ2n) is 12.8. The van der Waals surface area contributed by atoms with Gasteiger partial charge in [0.15, 0.2) is 0 Å². The molecule has 9 heteroatoms. The molecule has 202 valence electrons. The van der Waals surface area contributed by atoms with Crippen LogP contribution in [0.25, 0.3) is 0 Å². The molecule has 0 aromatic heterocycles. The van der Waals surface area contributed by atoms with E-state index in [-0.39, 0.29) is 29.4 Å². The van der Waals surface area contributed by atoms with Crippen LogP contribution in [-0.2, 0) is 24.5 Å². The van der Waals surface area contributed by atoms with Crippen molar-refractivity contribution in [1.82, 2.24) is 15.1 Å². The first-order valence-corrected chi connectivity index (χ1v) is 13.3. The average molecular weight is 516 g/mol. The summed E-state index contributed by atoms with van der Waals surface area (Å²) >= 11 is 0. The molecule has 0 bridgehead atoms. The molecular formula is C28H38FN3O5. The van der Waals surface area contributed by atoms with E-state index < -0.39 is 22.4 Å². The Balaban J connectivity index is 1.30. The number of amides is 2. The van der Waals surface area contributed by atoms with Gasteiger partial charge in [-0.05, 0) is 45.2 Å². The number of nitrogens with zero attached hydrogens (tertiary/aromatic N) is 2. The fourth-order valence-corrected chi connectivity index (χ4v) is 6.13. The van der Waals surface area contributed by atoms with Crippen molar-refractivity contribution in [2.24, 2.45) is 5.41 Å². The van der Waals surface area contributed by atoms with Crippen LogP contribution in [0.3, 0.4) is 0 Å². The van der Waals surface area contributed by atoms with E-state index in [4.69, 9.17) is 9.47 Å². The number of carbonyl (C=O) groups excluding carboxylic acids is 3. The van der Waals surface area contributed by atoms with Crippen LogP contribution in [0.15, 0.2) is 18.2 Å². The molecule has 3 aliphatic heterocycles. The molecule has 2 unspecified atom stereocenters. The van der Waals surface area contributed by atoms with Crippen molar-refractivity contribution in [1.29, 1.82) is 0 Å². The van der Waals surface area contributed by atoms with Crippen molar-refractivity contribution in [2.45, 2.75) is 83.0 Å². The van der Waals surface area contributed by atoms with Crippen LogP contribution in [0.4, 0.5) is 9.18 Å². The molecular weight excluding hydrogens is 477 g/mol. The van der Waals surface area contributed by atoms with Crippen molar-refractivity contribution < 1.29 is 28.2 Å². The highest BCUT2D eigenvalue weighted by Crippen LogP contribution is 2.54. The summed E-state index contributed by atoms with van der Waals surface area (Å²) in [5.74, 6) is -0.702. The van der Waals surface area contributed by atoms with Gasteiger partial charge in [0.2, 0.25) is 5.91 Å². The minimum Gasteiger partial charge on any atom is -0.456 e. The molecule has 1 N–H and O–H groups in total. The fourth-order valence-electron chi connectivity index (χ4n) is 6.13. The standard InChI is InChI=1S/C28H38FN3O5/c1-25(2,3)37-24(35)31-13-11-30-21(16-31)18-6-7-19(20(29)14-18)27(8-9-27)23(34)32-12-10-28(17-32)26(4,5)15-22(33)36-28/h6-7,14,21,30H,8-13,15-17H2,1-5H3. The number of piperazine rings is 1. The first-order chi connectivity index (χ1) is 17.3. The number of benzene rings is 1. The molecule has 0 radical (unpaired) electrons. The first-order valence-electron chi connectivity index (χ1n) is 13.3. The van der Waals surface area contributed by atoms with Crippen LogP contribution in [-0.4, -0.2) is 71.7 Å². The van der Waals surface area contributed by atoms with Gasteiger partial charge in [-0.25, -0.2) is 9.18 Å². The summed E-state index contributed by atoms with van der Waals surface area (Å²) in [5, 5.41) is 3.36. The van der Waals surface area contributed by atoms with Crippen LogP contribution < -0.4 is 5.32 Å². The predicted molar refractivity (Wildman–Crippen MR) is 134 cm³/mol. The van der Waals surface area contributed by atoms with Crippen molar-refractivity contribution in [3.8, 4) is 0 Å². The average Bonchev–Trinajstić information content (AvgIpc) is 3.43. The monoisotopic (exact) mass is 515 g/mol. The van der Waals surface area contributed by atoms with E-state index in [1.165, 1.54) is 6.07 Å². The molecule has 1 aromatic carbocycles. The van der Waals surface area contributed by atoms with Gasteiger partial charge >= 0.3 is 12.1 Å². The van der Waals surface area contributed by atoms with Crippen molar-refractivity contribution in [3.63, 3.8) is 0 Å². The van der Waals surface area contributed by atoms with Gasteiger partial charge in [0.1, 0.15) is 17.0 Å². The summed E-state index contributed by atoms with van der Waals surface area (Å²) in [5.41, 5.74) is -1.29. The highest BCUT2D eigenvalue weighted by atomic mass is 19.1. The largest absolute Gasteiger partial charge is 0.456 e. The smallest absolute Gasteiger partial charge is 0.410 e. The number of hydrogen-bond donors (Lipinski definition) is 1. The number of rotatable bonds is 3. The van der Waals surface area contributed by atoms with Gasteiger partial charge in [0, 0.05) is 43.6 Å². The fraction of sp³-hybridized carbons (Fsp3) is 0.679. The lowest BCUT2D eigenvalue weighted by atomic mass is 9.74. The molecule has 1 spiro atoms. The van der Waals surface area contributed by atoms with Gasteiger partial charge in [-0.1, -0.05) is 26.0 Å². The summed E-state index contributed by atoms with van der Waals surface area (Å²) in [4.78, 5) is 41.7. The highest BCUT2D eigenvalue weighted by molar-refractivity contribution is 5.92. The Hall–Kier alpha value is -2.68. The topological polar surface area (TPSA) is 88.2 Å². The third-order valence-corrected chi connectivity index (χ3v) is 8.55. The Morgan fingerprint density at radius 3 is 2.46 bits per heavy atom. The van der Waals surface area contributed by atoms with E-state index in [0.717, 1.165) is 5.56 Å². The van der Waals surface area contributed by atoms with E-state index >= 15 is 4.39 Å². The Kier molecular flexibility index (Phi) is 6.09. The van der Waals surface area contributed by atoms with E-state index in [1.54, 1.807) is 15.9 Å². The Morgan fingerprint density at radius 1 is 1.14 bits per heavy atom. The zero-order chi connectivity index (χ0) is 26.8. The van der Waals surface area contributed by atoms with Crippen LogP contribution in [0.2, 0.25) is 0 Å². The van der Waals surface area contributed by atoms with Gasteiger partial charge in [0.25, 0.3) is 0 Å². The van der Waals surface area contributed by atoms with Crippen molar-refractivity contribution >= 4 is 18.0 Å². The van der Waals surface area contributed by atoms with Gasteiger partial charge < -0.3 is 24.6 Å². The minimum atomic E-state index is -0.858. The van der Waals surface area contributed by atoms with Gasteiger partial charge in [0.05, 0.1) is 24.4 Å². The maximum Gasteiger partial charge on any atom is 0.410 e. The third kappa shape index (κ3) is 4.60. The maximum atomic E-state index is 15.6. The first kappa shape index (κ1) is 25.9. The zero-order valence-corrected chi connectivity index (χ0v) is 22.5. The lowest BCUT2D eigenvalue weighted by Gasteiger charge is -2.35. The summed E-state index contributed by atoms with van der Waals surface area (Å²) in [6.45, 7) is 11.9. The number of ether oxygens (including phenoxy) is 2. The molecule has 2 amide bonds. The SMILES string of the molecule is CC(C)(C)OC(=O)N1CCNC(c2ccc(C3(C(=O)N4CCC5(C4)OC(=O)CC5(C)C)CC3)c(F)c2)C1. The highest BCUT2D eigenvalue weighted by Gasteiger charge is 2.62. The third-order valence-electron chi connectivity index (χ3n) is 8.55. The van der Waals surface area contributed by atoms with Crippen molar-refractivity contribution in [2.75, 3.05) is 32.7 Å².